The van der Waals surface area contributed by atoms with Crippen molar-refractivity contribution in [1.29, 1.82) is 0 Å². The third-order valence-electron chi connectivity index (χ3n) is 11.2. The van der Waals surface area contributed by atoms with E-state index in [0.717, 1.165) is 36.0 Å². The van der Waals surface area contributed by atoms with Gasteiger partial charge in [0.05, 0.1) is 25.4 Å². The van der Waals surface area contributed by atoms with Crippen molar-refractivity contribution in [1.82, 2.24) is 15.3 Å². The number of nitrogens with one attached hydrogen (secondary N) is 1. The molecule has 2 N–H and O–H groups in total. The molecule has 10 atom stereocenters. The second kappa shape index (κ2) is 13.2. The zero-order chi connectivity index (χ0) is 33.7. The van der Waals surface area contributed by atoms with E-state index in [1.165, 1.54) is 4.90 Å². The van der Waals surface area contributed by atoms with Crippen LogP contribution in [0.5, 0.6) is 0 Å². The second-order valence-electron chi connectivity index (χ2n) is 14.1. The number of amides is 2. The summed E-state index contributed by atoms with van der Waals surface area (Å²) in [6.45, 7) is 0.0434. The minimum Gasteiger partial charge on any atom is -0.458 e. The highest BCUT2D eigenvalue weighted by Gasteiger charge is 2.75. The Morgan fingerprint density at radius 1 is 1.04 bits per heavy atom. The number of aliphatic hydroxyl groups is 1. The second-order valence-corrected chi connectivity index (χ2v) is 14.1. The fourth-order valence-corrected chi connectivity index (χ4v) is 8.59. The molecule has 8 rings (SSSR count). The molecule has 6 aliphatic rings. The Labute approximate surface area is 285 Å². The Kier molecular flexibility index (Phi) is 8.79. The lowest BCUT2D eigenvalue weighted by Crippen LogP contribution is -2.70. The first-order valence-corrected chi connectivity index (χ1v) is 17.3. The van der Waals surface area contributed by atoms with Gasteiger partial charge in [-0.2, -0.15) is 5.06 Å². The number of epoxide rings is 1. The quantitative estimate of drug-likeness (QED) is 0.269. The topological polar surface area (TPSA) is 139 Å². The van der Waals surface area contributed by atoms with Crippen LogP contribution in [0.2, 0.25) is 0 Å². The molecule has 12 heteroatoms. The zero-order valence-corrected chi connectivity index (χ0v) is 27.5. The van der Waals surface area contributed by atoms with Gasteiger partial charge in [-0.1, -0.05) is 66.7 Å². The third kappa shape index (κ3) is 5.98. The monoisotopic (exact) mass is 673 g/mol. The molecule has 2 bridgehead atoms. The zero-order valence-electron chi connectivity index (χ0n) is 27.5. The van der Waals surface area contributed by atoms with Gasteiger partial charge >= 0.3 is 5.97 Å². The normalized spacial score (nSPS) is 34.9. The smallest absolute Gasteiger partial charge is 0.327 e. The average molecular weight is 674 g/mol. The fourth-order valence-electron chi connectivity index (χ4n) is 8.59. The predicted octanol–water partition coefficient (Wildman–Crippen LogP) is 1.99. The number of fused-ring (bicyclic) bond motifs is 5. The van der Waals surface area contributed by atoms with Crippen molar-refractivity contribution in [2.24, 2.45) is 11.3 Å². The van der Waals surface area contributed by atoms with Gasteiger partial charge < -0.3 is 34.3 Å². The number of carbonyl (C=O) groups excluding carboxylic acids is 3. The van der Waals surface area contributed by atoms with Crippen molar-refractivity contribution < 1.29 is 43.3 Å². The van der Waals surface area contributed by atoms with Crippen LogP contribution in [0.1, 0.15) is 42.4 Å². The van der Waals surface area contributed by atoms with Crippen molar-refractivity contribution >= 4 is 23.9 Å². The van der Waals surface area contributed by atoms with Gasteiger partial charge in [-0.05, 0) is 41.9 Å². The Bertz CT molecular complexity index is 1590. The summed E-state index contributed by atoms with van der Waals surface area (Å²) in [5.74, 6) is -0.835. The number of esters is 1. The van der Waals surface area contributed by atoms with E-state index in [9.17, 15) is 19.5 Å². The van der Waals surface area contributed by atoms with Crippen molar-refractivity contribution in [3.05, 3.63) is 77.4 Å². The lowest BCUT2D eigenvalue weighted by atomic mass is 9.62. The third-order valence-corrected chi connectivity index (χ3v) is 11.2. The van der Waals surface area contributed by atoms with Gasteiger partial charge in [0, 0.05) is 26.4 Å². The Hall–Kier alpha value is -3.65. The number of allylic oxidation sites excluding steroid dienone is 1. The standard InChI is InChI=1S/C37H43N3O9/c1-39(26(34(42)38-15-16-41)17-23-5-3-2-4-6-23)36(44)37-19-29-30-31(46-21-45-30)33(37)49-40(32(37)35(43)48-29)20-25-11-8-22(9-12-25)7-10-24-13-14-27-28(18-24)47-27/h2-12,24,26-33,41H,13-21H2,1H3,(H,38,42)/t24?,26-,27?,28?,29-,30+,31+,32+,33-,37+/m1/s1. The van der Waals surface area contributed by atoms with Gasteiger partial charge in [0.2, 0.25) is 11.8 Å². The van der Waals surface area contributed by atoms with Crippen LogP contribution in [0.25, 0.3) is 6.08 Å². The Morgan fingerprint density at radius 3 is 2.61 bits per heavy atom. The molecule has 4 saturated heterocycles. The summed E-state index contributed by atoms with van der Waals surface area (Å²) >= 11 is 0. The summed E-state index contributed by atoms with van der Waals surface area (Å²) in [5, 5.41) is 13.7. The molecular formula is C37H43N3O9. The lowest BCUT2D eigenvalue weighted by Gasteiger charge is -2.50. The summed E-state index contributed by atoms with van der Waals surface area (Å²) in [4.78, 5) is 50.4. The fraction of sp³-hybridized carbons (Fsp3) is 0.541. The largest absolute Gasteiger partial charge is 0.458 e. The molecule has 260 valence electrons. The highest BCUT2D eigenvalue weighted by atomic mass is 16.8. The van der Waals surface area contributed by atoms with Crippen LogP contribution in [0.4, 0.5) is 0 Å². The van der Waals surface area contributed by atoms with Crippen LogP contribution in [-0.4, -0.2) is 109 Å². The number of ether oxygens (including phenoxy) is 4. The van der Waals surface area contributed by atoms with Gasteiger partial charge in [0.15, 0.2) is 6.04 Å². The number of benzene rings is 2. The number of hydrogen-bond acceptors (Lipinski definition) is 10. The molecule has 4 aliphatic heterocycles. The van der Waals surface area contributed by atoms with Crippen molar-refractivity contribution in [2.45, 2.75) is 87.4 Å². The molecule has 2 aliphatic carbocycles. The minimum absolute atomic E-state index is 0.00167. The molecule has 0 spiro atoms. The van der Waals surface area contributed by atoms with Gasteiger partial charge in [0.25, 0.3) is 0 Å². The van der Waals surface area contributed by atoms with E-state index in [2.05, 4.69) is 17.5 Å². The first-order valence-electron chi connectivity index (χ1n) is 17.3. The summed E-state index contributed by atoms with van der Waals surface area (Å²) in [7, 11) is 1.59. The van der Waals surface area contributed by atoms with E-state index in [1.807, 2.05) is 54.6 Å². The highest BCUT2D eigenvalue weighted by Crippen LogP contribution is 2.56. The number of aliphatic hydroxyl groups excluding tert-OH is 1. The van der Waals surface area contributed by atoms with Gasteiger partial charge in [-0.3, -0.25) is 19.2 Å². The molecule has 3 unspecified atom stereocenters. The SMILES string of the molecule is CN(C(=O)[C@@]12C[C@H]3OC(=O)[C@@H]1N(Cc1ccc(C=CC4CCC5OC5C4)cc1)O[C@@H]2[C@H]1OCO[C@H]13)[C@H](Cc1ccccc1)C(=O)NCCO. The van der Waals surface area contributed by atoms with Crippen molar-refractivity contribution in [3.63, 3.8) is 0 Å². The summed E-state index contributed by atoms with van der Waals surface area (Å²) < 4.78 is 23.5. The van der Waals surface area contributed by atoms with E-state index in [4.69, 9.17) is 23.8 Å². The van der Waals surface area contributed by atoms with E-state index in [1.54, 1.807) is 12.1 Å². The van der Waals surface area contributed by atoms with Gasteiger partial charge in [0.1, 0.15) is 42.7 Å². The summed E-state index contributed by atoms with van der Waals surface area (Å²) in [5.41, 5.74) is 1.46. The average Bonchev–Trinajstić information content (AvgIpc) is 3.56. The van der Waals surface area contributed by atoms with Gasteiger partial charge in [-0.15, -0.1) is 0 Å². The molecule has 2 amide bonds. The summed E-state index contributed by atoms with van der Waals surface area (Å²) in [6.07, 6.45) is 6.36. The predicted molar refractivity (Wildman–Crippen MR) is 174 cm³/mol. The van der Waals surface area contributed by atoms with Crippen LogP contribution in [-0.2, 0) is 51.1 Å². The van der Waals surface area contributed by atoms with Crippen LogP contribution in [0.15, 0.2) is 60.7 Å². The molecule has 12 nitrogen and oxygen atoms in total. The number of nitrogens with zero attached hydrogens (tertiary/aromatic N) is 2. The first kappa shape index (κ1) is 32.5. The maximum absolute atomic E-state index is 15.0. The molecular weight excluding hydrogens is 630 g/mol. The number of hydrogen-bond donors (Lipinski definition) is 2. The maximum Gasteiger partial charge on any atom is 0.327 e. The molecule has 4 heterocycles. The molecule has 2 aromatic carbocycles. The molecule has 0 radical (unpaired) electrons. The van der Waals surface area contributed by atoms with E-state index < -0.39 is 59.7 Å². The Balaban J connectivity index is 1.06. The Morgan fingerprint density at radius 2 is 1.84 bits per heavy atom. The molecule has 2 aromatic rings. The van der Waals surface area contributed by atoms with Crippen molar-refractivity contribution in [2.75, 3.05) is 27.0 Å². The maximum atomic E-state index is 15.0. The summed E-state index contributed by atoms with van der Waals surface area (Å²) in [6, 6.07) is 15.6. The highest BCUT2D eigenvalue weighted by molar-refractivity contribution is 5.96. The van der Waals surface area contributed by atoms with Crippen molar-refractivity contribution in [3.8, 4) is 0 Å². The van der Waals surface area contributed by atoms with E-state index >= 15 is 0 Å². The molecule has 0 aromatic heterocycles. The number of rotatable bonds is 11. The lowest BCUT2D eigenvalue weighted by molar-refractivity contribution is -0.204. The van der Waals surface area contributed by atoms with E-state index in [-0.39, 0.29) is 39.3 Å². The minimum atomic E-state index is -1.39. The first-order chi connectivity index (χ1) is 23.9. The van der Waals surface area contributed by atoms with Crippen LogP contribution < -0.4 is 5.32 Å². The molecule has 2 saturated carbocycles. The number of likely N-dealkylation sites (N-methyl/N-ethyl adjacent to an activating group) is 1. The number of hydroxylamine groups is 2. The van der Waals surface area contributed by atoms with Crippen LogP contribution >= 0.6 is 0 Å². The van der Waals surface area contributed by atoms with Crippen LogP contribution in [0, 0.1) is 11.3 Å². The van der Waals surface area contributed by atoms with E-state index in [0.29, 0.717) is 18.1 Å². The molecule has 49 heavy (non-hydrogen) atoms. The number of carbonyl (C=O) groups is 3. The molecule has 6 fully saturated rings. The van der Waals surface area contributed by atoms with Gasteiger partial charge in [-0.25, -0.2) is 0 Å². The van der Waals surface area contributed by atoms with Crippen LogP contribution in [0.3, 0.4) is 0 Å².